The molecule has 0 bridgehead atoms. The number of anilines is 1. The van der Waals surface area contributed by atoms with Gasteiger partial charge in [-0.15, -0.1) is 10.2 Å². The van der Waals surface area contributed by atoms with Crippen LogP contribution in [0.3, 0.4) is 0 Å². The molecule has 1 heterocycles. The summed E-state index contributed by atoms with van der Waals surface area (Å²) < 4.78 is 5.40. The molecule has 1 saturated carbocycles. The van der Waals surface area contributed by atoms with E-state index >= 15 is 0 Å². The molecule has 1 aliphatic rings. The highest BCUT2D eigenvalue weighted by atomic mass is 35.5. The van der Waals surface area contributed by atoms with Crippen LogP contribution in [-0.4, -0.2) is 22.7 Å². The molecule has 5 nitrogen and oxygen atoms in total. The molecule has 0 atom stereocenters. The number of halogens is 2. The summed E-state index contributed by atoms with van der Waals surface area (Å²) in [6, 6.07) is 4.85. The van der Waals surface area contributed by atoms with Crippen molar-refractivity contribution in [2.45, 2.75) is 38.0 Å². The Morgan fingerprint density at radius 3 is 2.79 bits per heavy atom. The average molecular weight is 386 g/mol. The largest absolute Gasteiger partial charge is 0.482 e. The molecule has 0 aliphatic heterocycles. The SMILES string of the molecule is O=C(COc1ccc(Cl)cc1Cl)Nc1nnc(C2CCCCC2)s1. The van der Waals surface area contributed by atoms with E-state index in [2.05, 4.69) is 15.5 Å². The summed E-state index contributed by atoms with van der Waals surface area (Å²) in [6.07, 6.45) is 6.08. The predicted octanol–water partition coefficient (Wildman–Crippen LogP) is 4.91. The van der Waals surface area contributed by atoms with Gasteiger partial charge in [-0.25, -0.2) is 0 Å². The smallest absolute Gasteiger partial charge is 0.264 e. The van der Waals surface area contributed by atoms with Crippen molar-refractivity contribution >= 4 is 45.6 Å². The normalized spacial score (nSPS) is 15.2. The number of hydrogen-bond donors (Lipinski definition) is 1. The van der Waals surface area contributed by atoms with Crippen LogP contribution in [0.1, 0.15) is 43.0 Å². The Bertz CT molecular complexity index is 717. The fourth-order valence-corrected chi connectivity index (χ4v) is 4.08. The summed E-state index contributed by atoms with van der Waals surface area (Å²) in [5, 5.41) is 13.4. The second-order valence-electron chi connectivity index (χ2n) is 5.69. The number of aromatic nitrogens is 2. The maximum atomic E-state index is 12.0. The molecule has 1 N–H and O–H groups in total. The molecule has 0 spiro atoms. The van der Waals surface area contributed by atoms with Gasteiger partial charge in [0.2, 0.25) is 5.13 Å². The van der Waals surface area contributed by atoms with Gasteiger partial charge in [-0.2, -0.15) is 0 Å². The van der Waals surface area contributed by atoms with Gasteiger partial charge < -0.3 is 4.74 Å². The minimum absolute atomic E-state index is 0.153. The first-order chi connectivity index (χ1) is 11.6. The Kier molecular flexibility index (Phi) is 5.92. The molecule has 1 aromatic heterocycles. The first-order valence-electron chi connectivity index (χ1n) is 7.83. The van der Waals surface area contributed by atoms with Crippen molar-refractivity contribution in [3.8, 4) is 5.75 Å². The van der Waals surface area contributed by atoms with Gasteiger partial charge in [-0.1, -0.05) is 53.8 Å². The van der Waals surface area contributed by atoms with Gasteiger partial charge in [0.1, 0.15) is 10.8 Å². The number of nitrogens with one attached hydrogen (secondary N) is 1. The van der Waals surface area contributed by atoms with E-state index in [9.17, 15) is 4.79 Å². The van der Waals surface area contributed by atoms with Crippen LogP contribution in [0.25, 0.3) is 0 Å². The van der Waals surface area contributed by atoms with Crippen LogP contribution in [0.15, 0.2) is 18.2 Å². The summed E-state index contributed by atoms with van der Waals surface area (Å²) in [6.45, 7) is -0.153. The van der Waals surface area contributed by atoms with Gasteiger partial charge in [-0.05, 0) is 31.0 Å². The molecule has 3 rings (SSSR count). The number of nitrogens with zero attached hydrogens (tertiary/aromatic N) is 2. The molecule has 2 aromatic rings. The third-order valence-electron chi connectivity index (χ3n) is 3.89. The van der Waals surface area contributed by atoms with Gasteiger partial charge in [0, 0.05) is 10.9 Å². The number of carbonyl (C=O) groups is 1. The number of benzene rings is 1. The van der Waals surface area contributed by atoms with Crippen LogP contribution in [0.5, 0.6) is 5.75 Å². The lowest BCUT2D eigenvalue weighted by Crippen LogP contribution is -2.20. The average Bonchev–Trinajstić information content (AvgIpc) is 3.03. The summed E-state index contributed by atoms with van der Waals surface area (Å²) in [4.78, 5) is 12.0. The Morgan fingerprint density at radius 1 is 1.25 bits per heavy atom. The minimum Gasteiger partial charge on any atom is -0.482 e. The number of amides is 1. The molecule has 0 unspecified atom stereocenters. The number of hydrogen-bond acceptors (Lipinski definition) is 5. The van der Waals surface area contributed by atoms with E-state index in [0.29, 0.717) is 26.8 Å². The van der Waals surface area contributed by atoms with Crippen molar-refractivity contribution < 1.29 is 9.53 Å². The second-order valence-corrected chi connectivity index (χ2v) is 7.54. The number of rotatable bonds is 5. The molecule has 1 fully saturated rings. The molecule has 1 aliphatic carbocycles. The fourth-order valence-electron chi connectivity index (χ4n) is 2.69. The molecule has 24 heavy (non-hydrogen) atoms. The monoisotopic (exact) mass is 385 g/mol. The van der Waals surface area contributed by atoms with Crippen LogP contribution in [0.4, 0.5) is 5.13 Å². The van der Waals surface area contributed by atoms with Gasteiger partial charge in [0.15, 0.2) is 6.61 Å². The van der Waals surface area contributed by atoms with Crippen LogP contribution < -0.4 is 10.1 Å². The lowest BCUT2D eigenvalue weighted by Gasteiger charge is -2.18. The third kappa shape index (κ3) is 4.59. The van der Waals surface area contributed by atoms with Crippen molar-refractivity contribution in [3.63, 3.8) is 0 Å². The standard InChI is InChI=1S/C16H17Cl2N3O2S/c17-11-6-7-13(12(18)8-11)23-9-14(22)19-16-21-20-15(24-16)10-4-2-1-3-5-10/h6-8,10H,1-5,9H2,(H,19,21,22). The Balaban J connectivity index is 1.52. The maximum Gasteiger partial charge on any atom is 0.264 e. The van der Waals surface area contributed by atoms with Crippen molar-refractivity contribution in [1.29, 1.82) is 0 Å². The van der Waals surface area contributed by atoms with Crippen LogP contribution >= 0.6 is 34.5 Å². The quantitative estimate of drug-likeness (QED) is 0.793. The molecule has 0 saturated heterocycles. The molecular weight excluding hydrogens is 369 g/mol. The Labute approximate surface area is 154 Å². The highest BCUT2D eigenvalue weighted by Gasteiger charge is 2.20. The second kappa shape index (κ2) is 8.14. The van der Waals surface area contributed by atoms with E-state index in [1.54, 1.807) is 18.2 Å². The Hall–Kier alpha value is -1.37. The van der Waals surface area contributed by atoms with Gasteiger partial charge in [0.05, 0.1) is 5.02 Å². The van der Waals surface area contributed by atoms with Gasteiger partial charge in [0.25, 0.3) is 5.91 Å². The molecule has 8 heteroatoms. The lowest BCUT2D eigenvalue weighted by atomic mass is 9.90. The van der Waals surface area contributed by atoms with E-state index in [1.165, 1.54) is 30.6 Å². The van der Waals surface area contributed by atoms with Gasteiger partial charge >= 0.3 is 0 Å². The molecule has 1 aromatic carbocycles. The molecule has 1 amide bonds. The summed E-state index contributed by atoms with van der Waals surface area (Å²) >= 11 is 13.3. The summed E-state index contributed by atoms with van der Waals surface area (Å²) in [5.41, 5.74) is 0. The third-order valence-corrected chi connectivity index (χ3v) is 5.43. The van der Waals surface area contributed by atoms with E-state index in [1.807, 2.05) is 0 Å². The zero-order chi connectivity index (χ0) is 16.9. The van der Waals surface area contributed by atoms with Crippen molar-refractivity contribution in [2.75, 3.05) is 11.9 Å². The maximum absolute atomic E-state index is 12.0. The molecule has 128 valence electrons. The highest BCUT2D eigenvalue weighted by Crippen LogP contribution is 2.35. The Morgan fingerprint density at radius 2 is 2.04 bits per heavy atom. The summed E-state index contributed by atoms with van der Waals surface area (Å²) in [5.74, 6) is 0.592. The van der Waals surface area contributed by atoms with Gasteiger partial charge in [-0.3, -0.25) is 10.1 Å². The summed E-state index contributed by atoms with van der Waals surface area (Å²) in [7, 11) is 0. The zero-order valence-corrected chi connectivity index (χ0v) is 15.3. The zero-order valence-electron chi connectivity index (χ0n) is 12.9. The number of carbonyl (C=O) groups excluding carboxylic acids is 1. The van der Waals surface area contributed by atoms with E-state index < -0.39 is 0 Å². The first-order valence-corrected chi connectivity index (χ1v) is 9.40. The predicted molar refractivity (Wildman–Crippen MR) is 96.3 cm³/mol. The topological polar surface area (TPSA) is 64.1 Å². The van der Waals surface area contributed by atoms with Crippen LogP contribution in [0, 0.1) is 0 Å². The molecular formula is C16H17Cl2N3O2S. The first kappa shape index (κ1) is 17.5. The number of ether oxygens (including phenoxy) is 1. The van der Waals surface area contributed by atoms with Crippen molar-refractivity contribution in [1.82, 2.24) is 10.2 Å². The lowest BCUT2D eigenvalue weighted by molar-refractivity contribution is -0.118. The van der Waals surface area contributed by atoms with E-state index in [4.69, 9.17) is 27.9 Å². The van der Waals surface area contributed by atoms with E-state index in [-0.39, 0.29) is 12.5 Å². The van der Waals surface area contributed by atoms with Crippen LogP contribution in [0.2, 0.25) is 10.0 Å². The highest BCUT2D eigenvalue weighted by molar-refractivity contribution is 7.15. The van der Waals surface area contributed by atoms with E-state index in [0.717, 1.165) is 17.8 Å². The fraction of sp³-hybridized carbons (Fsp3) is 0.438. The van der Waals surface area contributed by atoms with Crippen molar-refractivity contribution in [3.05, 3.63) is 33.3 Å². The van der Waals surface area contributed by atoms with Crippen molar-refractivity contribution in [2.24, 2.45) is 0 Å². The molecule has 0 radical (unpaired) electrons. The van der Waals surface area contributed by atoms with Crippen LogP contribution in [-0.2, 0) is 4.79 Å². The minimum atomic E-state index is -0.299.